The van der Waals surface area contributed by atoms with Gasteiger partial charge in [-0.2, -0.15) is 18.2 Å². The first-order valence-corrected chi connectivity index (χ1v) is 10.7. The van der Waals surface area contributed by atoms with E-state index in [2.05, 4.69) is 20.4 Å². The van der Waals surface area contributed by atoms with E-state index in [-0.39, 0.29) is 24.6 Å². The van der Waals surface area contributed by atoms with Gasteiger partial charge in [0.15, 0.2) is 17.3 Å². The first-order valence-electron chi connectivity index (χ1n) is 10.7. The molecule has 1 aliphatic heterocycles. The Balaban J connectivity index is 1.33. The second-order valence-corrected chi connectivity index (χ2v) is 8.15. The van der Waals surface area contributed by atoms with E-state index >= 15 is 4.39 Å². The quantitative estimate of drug-likeness (QED) is 0.401. The van der Waals surface area contributed by atoms with Gasteiger partial charge in [0.25, 0.3) is 0 Å². The summed E-state index contributed by atoms with van der Waals surface area (Å²) in [7, 11) is 0. The number of halogens is 6. The number of anilines is 2. The lowest BCUT2D eigenvalue weighted by atomic mass is 10.0. The summed E-state index contributed by atoms with van der Waals surface area (Å²) in [5.74, 6) is -1.82. The van der Waals surface area contributed by atoms with Gasteiger partial charge in [-0.25, -0.2) is 17.7 Å². The maximum absolute atomic E-state index is 15.0. The van der Waals surface area contributed by atoms with E-state index in [0.29, 0.717) is 23.3 Å². The van der Waals surface area contributed by atoms with E-state index in [4.69, 9.17) is 0 Å². The maximum atomic E-state index is 15.0. The number of alkyl halides is 4. The van der Waals surface area contributed by atoms with Gasteiger partial charge in [0.2, 0.25) is 5.95 Å². The first-order chi connectivity index (χ1) is 16.7. The number of hydrogen-bond acceptors (Lipinski definition) is 5. The molecule has 0 spiro atoms. The number of rotatable bonds is 4. The van der Waals surface area contributed by atoms with Gasteiger partial charge >= 0.3 is 6.18 Å². The highest BCUT2D eigenvalue weighted by molar-refractivity contribution is 5.77. The normalized spacial score (nSPS) is 18.7. The molecular weight excluding hydrogens is 474 g/mol. The van der Waals surface area contributed by atoms with E-state index in [9.17, 15) is 22.0 Å². The Morgan fingerprint density at radius 1 is 1.03 bits per heavy atom. The minimum Gasteiger partial charge on any atom is -0.368 e. The highest BCUT2D eigenvalue weighted by Gasteiger charge is 2.34. The van der Waals surface area contributed by atoms with Crippen LogP contribution in [0.5, 0.6) is 0 Å². The van der Waals surface area contributed by atoms with Crippen molar-refractivity contribution in [3.05, 3.63) is 72.2 Å². The van der Waals surface area contributed by atoms with Gasteiger partial charge in [-0.05, 0) is 48.4 Å². The average molecular weight is 492 g/mol. The molecule has 4 aromatic rings. The molecule has 1 fully saturated rings. The number of fused-ring (bicyclic) bond motifs is 1. The molecule has 1 aromatic carbocycles. The van der Waals surface area contributed by atoms with E-state index in [1.54, 1.807) is 18.3 Å². The number of benzene rings is 1. The van der Waals surface area contributed by atoms with Crippen LogP contribution in [-0.4, -0.2) is 44.9 Å². The number of nitrogens with zero attached hydrogens (tertiary/aromatic N) is 5. The minimum absolute atomic E-state index is 0.119. The molecule has 6 nitrogen and oxygen atoms in total. The zero-order valence-corrected chi connectivity index (χ0v) is 18.0. The van der Waals surface area contributed by atoms with E-state index < -0.39 is 35.7 Å². The molecule has 0 saturated carbocycles. The van der Waals surface area contributed by atoms with Gasteiger partial charge in [0.05, 0.1) is 12.6 Å². The van der Waals surface area contributed by atoms with Gasteiger partial charge in [-0.15, -0.1) is 5.10 Å². The first kappa shape index (κ1) is 22.9. The third kappa shape index (κ3) is 4.60. The average Bonchev–Trinajstić information content (AvgIpc) is 3.24. The number of nitrogens with one attached hydrogen (secondary N) is 1. The number of aromatic nitrogens is 4. The van der Waals surface area contributed by atoms with Crippen LogP contribution in [0, 0.1) is 11.6 Å². The Bertz CT molecular complexity index is 1370. The van der Waals surface area contributed by atoms with Crippen molar-refractivity contribution < 1.29 is 26.3 Å². The summed E-state index contributed by atoms with van der Waals surface area (Å²) in [5.41, 5.74) is 0.495. The zero-order valence-electron chi connectivity index (χ0n) is 18.0. The predicted octanol–water partition coefficient (Wildman–Crippen LogP) is 5.12. The molecule has 0 radical (unpaired) electrons. The molecule has 182 valence electrons. The Hall–Kier alpha value is -3.83. The Labute approximate surface area is 195 Å². The summed E-state index contributed by atoms with van der Waals surface area (Å²) in [5, 5.41) is 7.25. The van der Waals surface area contributed by atoms with Crippen molar-refractivity contribution in [1.82, 2.24) is 19.6 Å². The molecule has 2 atom stereocenters. The molecule has 2 unspecified atom stereocenters. The van der Waals surface area contributed by atoms with Crippen molar-refractivity contribution in [3.8, 4) is 11.1 Å². The monoisotopic (exact) mass is 492 g/mol. The fourth-order valence-electron chi connectivity index (χ4n) is 4.10. The lowest BCUT2D eigenvalue weighted by molar-refractivity contribution is -0.141. The van der Waals surface area contributed by atoms with Crippen LogP contribution in [0.25, 0.3) is 16.8 Å². The molecule has 0 bridgehead atoms. The van der Waals surface area contributed by atoms with E-state index in [1.165, 1.54) is 21.5 Å². The predicted molar refractivity (Wildman–Crippen MR) is 117 cm³/mol. The van der Waals surface area contributed by atoms with Crippen molar-refractivity contribution in [3.63, 3.8) is 0 Å². The van der Waals surface area contributed by atoms with Gasteiger partial charge in [0.1, 0.15) is 11.9 Å². The lowest BCUT2D eigenvalue weighted by Gasteiger charge is -2.36. The van der Waals surface area contributed by atoms with Crippen LogP contribution in [0.4, 0.5) is 38.0 Å². The Kier molecular flexibility index (Phi) is 5.73. The molecular formula is C23H18F6N6. The molecule has 0 aliphatic carbocycles. The molecule has 0 amide bonds. The highest BCUT2D eigenvalue weighted by atomic mass is 19.4. The third-order valence-electron chi connectivity index (χ3n) is 5.85. The van der Waals surface area contributed by atoms with Crippen molar-refractivity contribution in [2.75, 3.05) is 23.3 Å². The molecule has 1 N–H and O–H groups in total. The molecule has 1 aliphatic rings. The van der Waals surface area contributed by atoms with Gasteiger partial charge < -0.3 is 10.2 Å². The molecule has 5 rings (SSSR count). The lowest BCUT2D eigenvalue weighted by Crippen LogP contribution is -2.48. The van der Waals surface area contributed by atoms with Crippen LogP contribution in [0.3, 0.4) is 0 Å². The number of piperidine rings is 1. The summed E-state index contributed by atoms with van der Waals surface area (Å²) in [6.45, 7) is 0.194. The molecule has 35 heavy (non-hydrogen) atoms. The molecule has 12 heteroatoms. The second-order valence-electron chi connectivity index (χ2n) is 8.15. The summed E-state index contributed by atoms with van der Waals surface area (Å²) in [6.07, 6.45) is -3.03. The largest absolute Gasteiger partial charge is 0.433 e. The Morgan fingerprint density at radius 3 is 2.60 bits per heavy atom. The highest BCUT2D eigenvalue weighted by Crippen LogP contribution is 2.31. The number of hydrogen-bond donors (Lipinski definition) is 1. The fourth-order valence-corrected chi connectivity index (χ4v) is 4.10. The van der Waals surface area contributed by atoms with Crippen molar-refractivity contribution in [1.29, 1.82) is 0 Å². The minimum atomic E-state index is -4.58. The van der Waals surface area contributed by atoms with E-state index in [1.807, 2.05) is 0 Å². The van der Waals surface area contributed by atoms with Crippen LogP contribution >= 0.6 is 0 Å². The van der Waals surface area contributed by atoms with Crippen LogP contribution in [0.2, 0.25) is 0 Å². The summed E-state index contributed by atoms with van der Waals surface area (Å²) in [4.78, 5) is 9.27. The third-order valence-corrected chi connectivity index (χ3v) is 5.85. The smallest absolute Gasteiger partial charge is 0.368 e. The summed E-state index contributed by atoms with van der Waals surface area (Å²) >= 11 is 0. The topological polar surface area (TPSA) is 58.4 Å². The summed E-state index contributed by atoms with van der Waals surface area (Å²) in [6, 6.07) is 8.51. The summed E-state index contributed by atoms with van der Waals surface area (Å²) < 4.78 is 82.4. The van der Waals surface area contributed by atoms with E-state index in [0.717, 1.165) is 24.4 Å². The zero-order chi connectivity index (χ0) is 24.7. The molecule has 3 aromatic heterocycles. The van der Waals surface area contributed by atoms with Crippen LogP contribution in [0.15, 0.2) is 54.9 Å². The number of pyridine rings is 2. The van der Waals surface area contributed by atoms with Crippen LogP contribution in [-0.2, 0) is 6.18 Å². The molecule has 1 saturated heterocycles. The van der Waals surface area contributed by atoms with Crippen molar-refractivity contribution in [2.24, 2.45) is 0 Å². The van der Waals surface area contributed by atoms with Gasteiger partial charge in [-0.1, -0.05) is 6.07 Å². The van der Waals surface area contributed by atoms with Crippen LogP contribution < -0.4 is 10.2 Å². The Morgan fingerprint density at radius 2 is 1.86 bits per heavy atom. The van der Waals surface area contributed by atoms with Crippen molar-refractivity contribution in [2.45, 2.75) is 24.8 Å². The van der Waals surface area contributed by atoms with Gasteiger partial charge in [0, 0.05) is 30.2 Å². The fraction of sp³-hybridized carbons (Fsp3) is 0.261. The SMILES string of the molecule is Fc1ccc(-c2cccn3nc(NC4CCN(c5ccnc(C(F)(F)F)c5)CC4F)nc23)cc1F. The second kappa shape index (κ2) is 8.75. The molecule has 4 heterocycles. The van der Waals surface area contributed by atoms with Crippen molar-refractivity contribution >= 4 is 17.3 Å². The van der Waals surface area contributed by atoms with Gasteiger partial charge in [-0.3, -0.25) is 4.98 Å². The standard InChI is InChI=1S/C23H18F6N6/c24-16-4-3-13(10-17(16)25)15-2-1-8-35-21(15)32-22(33-35)31-19-6-9-34(12-18(19)26)14-5-7-30-20(11-14)23(27,28)29/h1-5,7-8,10-11,18-19H,6,9,12H2,(H,31,33). The maximum Gasteiger partial charge on any atom is 0.433 e. The van der Waals surface area contributed by atoms with Crippen LogP contribution in [0.1, 0.15) is 12.1 Å².